The van der Waals surface area contributed by atoms with Crippen molar-refractivity contribution in [1.29, 1.82) is 0 Å². The molecule has 2 unspecified atom stereocenters. The van der Waals surface area contributed by atoms with Gasteiger partial charge in [-0.25, -0.2) is 4.98 Å². The molecule has 100 valence electrons. The van der Waals surface area contributed by atoms with Gasteiger partial charge in [-0.3, -0.25) is 4.79 Å². The summed E-state index contributed by atoms with van der Waals surface area (Å²) >= 11 is 0. The zero-order chi connectivity index (χ0) is 13.1. The van der Waals surface area contributed by atoms with Crippen LogP contribution < -0.4 is 16.2 Å². The topological polar surface area (TPSA) is 64.2 Å². The maximum absolute atomic E-state index is 12.3. The zero-order valence-electron chi connectivity index (χ0n) is 11.2. The molecule has 1 fully saturated rings. The van der Waals surface area contributed by atoms with Crippen LogP contribution in [0, 0.1) is 5.92 Å². The van der Waals surface area contributed by atoms with Crippen molar-refractivity contribution < 1.29 is 0 Å². The molecule has 2 rings (SSSR count). The monoisotopic (exact) mass is 250 g/mol. The second-order valence-electron chi connectivity index (χ2n) is 5.26. The number of rotatable bonds is 3. The van der Waals surface area contributed by atoms with Crippen molar-refractivity contribution >= 4 is 5.82 Å². The number of nitrogens with two attached hydrogens (primary N) is 1. The van der Waals surface area contributed by atoms with Crippen LogP contribution in [0.15, 0.2) is 17.2 Å². The molecule has 0 amide bonds. The molecule has 2 N–H and O–H groups in total. The molecular weight excluding hydrogens is 228 g/mol. The summed E-state index contributed by atoms with van der Waals surface area (Å²) in [7, 11) is 0. The number of anilines is 1. The summed E-state index contributed by atoms with van der Waals surface area (Å²) in [6, 6.07) is 0.134. The molecular formula is C13H22N4O. The molecule has 0 bridgehead atoms. The minimum Gasteiger partial charge on any atom is -0.350 e. The third-order valence-corrected chi connectivity index (χ3v) is 3.35. The minimum atomic E-state index is 0.000602. The fourth-order valence-electron chi connectivity index (χ4n) is 2.64. The van der Waals surface area contributed by atoms with Gasteiger partial charge in [-0.15, -0.1) is 0 Å². The molecule has 0 radical (unpaired) electrons. The highest BCUT2D eigenvalue weighted by molar-refractivity contribution is 5.36. The summed E-state index contributed by atoms with van der Waals surface area (Å²) in [5.74, 6) is 1.06. The van der Waals surface area contributed by atoms with Crippen LogP contribution >= 0.6 is 0 Å². The molecule has 1 aromatic rings. The average Bonchev–Trinajstić information content (AvgIpc) is 2.31. The Labute approximate surface area is 108 Å². The molecule has 2 heterocycles. The van der Waals surface area contributed by atoms with E-state index in [4.69, 9.17) is 5.73 Å². The quantitative estimate of drug-likeness (QED) is 0.863. The number of piperidine rings is 1. The summed E-state index contributed by atoms with van der Waals surface area (Å²) in [5, 5.41) is 0. The molecule has 0 aliphatic carbocycles. The lowest BCUT2D eigenvalue weighted by atomic mass is 9.97. The first-order valence-electron chi connectivity index (χ1n) is 6.67. The lowest BCUT2D eigenvalue weighted by molar-refractivity contribution is 0.398. The number of nitrogens with zero attached hydrogens (tertiary/aromatic N) is 3. The predicted molar refractivity (Wildman–Crippen MR) is 72.8 cm³/mol. The van der Waals surface area contributed by atoms with E-state index >= 15 is 0 Å². The highest BCUT2D eigenvalue weighted by Gasteiger charge is 2.25. The van der Waals surface area contributed by atoms with Crippen LogP contribution in [0.3, 0.4) is 0 Å². The van der Waals surface area contributed by atoms with Crippen LogP contribution in [-0.4, -0.2) is 28.7 Å². The van der Waals surface area contributed by atoms with E-state index in [0.717, 1.165) is 32.5 Å². The molecule has 1 saturated heterocycles. The Morgan fingerprint density at radius 2 is 2.28 bits per heavy atom. The Morgan fingerprint density at radius 1 is 1.50 bits per heavy atom. The van der Waals surface area contributed by atoms with Crippen molar-refractivity contribution in [2.75, 3.05) is 18.0 Å². The summed E-state index contributed by atoms with van der Waals surface area (Å²) in [5.41, 5.74) is 6.02. The molecule has 18 heavy (non-hydrogen) atoms. The van der Waals surface area contributed by atoms with Gasteiger partial charge in [0.1, 0.15) is 0 Å². The largest absolute Gasteiger partial charge is 0.350 e. The van der Waals surface area contributed by atoms with Gasteiger partial charge in [0.2, 0.25) is 0 Å². The summed E-state index contributed by atoms with van der Waals surface area (Å²) in [4.78, 5) is 18.6. The summed E-state index contributed by atoms with van der Waals surface area (Å²) in [6.07, 6.45) is 5.42. The van der Waals surface area contributed by atoms with Crippen molar-refractivity contribution in [3.05, 3.63) is 22.7 Å². The Morgan fingerprint density at radius 3 is 2.94 bits per heavy atom. The van der Waals surface area contributed by atoms with E-state index in [2.05, 4.69) is 18.8 Å². The molecule has 1 aromatic heterocycles. The molecule has 0 spiro atoms. The Bertz CT molecular complexity index is 447. The second kappa shape index (κ2) is 5.52. The van der Waals surface area contributed by atoms with Crippen LogP contribution in [0.2, 0.25) is 0 Å². The lowest BCUT2D eigenvalue weighted by Crippen LogP contribution is -2.48. The molecule has 5 nitrogen and oxygen atoms in total. The van der Waals surface area contributed by atoms with E-state index in [9.17, 15) is 4.79 Å². The molecule has 1 aliphatic heterocycles. The standard InChI is InChI=1S/C13H22N4O/c1-3-5-16-6-4-15-12(13(16)18)17-8-10(2)7-11(14)9-17/h4,6,10-11H,3,5,7-9,14H2,1-2H3. The van der Waals surface area contributed by atoms with Crippen LogP contribution in [-0.2, 0) is 6.54 Å². The van der Waals surface area contributed by atoms with E-state index < -0.39 is 0 Å². The molecule has 1 aliphatic rings. The molecule has 5 heteroatoms. The average molecular weight is 250 g/mol. The van der Waals surface area contributed by atoms with Gasteiger partial charge in [-0.05, 0) is 18.8 Å². The van der Waals surface area contributed by atoms with Crippen LogP contribution in [0.4, 0.5) is 5.82 Å². The van der Waals surface area contributed by atoms with Gasteiger partial charge in [0.25, 0.3) is 5.56 Å². The zero-order valence-corrected chi connectivity index (χ0v) is 11.2. The predicted octanol–water partition coefficient (Wildman–Crippen LogP) is 0.827. The molecule has 2 atom stereocenters. The maximum atomic E-state index is 12.3. The third-order valence-electron chi connectivity index (χ3n) is 3.35. The third kappa shape index (κ3) is 2.72. The van der Waals surface area contributed by atoms with Gasteiger partial charge >= 0.3 is 0 Å². The number of hydrogen-bond acceptors (Lipinski definition) is 4. The van der Waals surface area contributed by atoms with Crippen LogP contribution in [0.5, 0.6) is 0 Å². The van der Waals surface area contributed by atoms with E-state index in [0.29, 0.717) is 11.7 Å². The van der Waals surface area contributed by atoms with Gasteiger partial charge in [-0.1, -0.05) is 13.8 Å². The maximum Gasteiger partial charge on any atom is 0.293 e. The van der Waals surface area contributed by atoms with Crippen molar-refractivity contribution in [2.45, 2.75) is 39.3 Å². The fraction of sp³-hybridized carbons (Fsp3) is 0.692. The van der Waals surface area contributed by atoms with Gasteiger partial charge in [0, 0.05) is 38.1 Å². The summed E-state index contributed by atoms with van der Waals surface area (Å²) in [6.45, 7) is 6.56. The van der Waals surface area contributed by atoms with Gasteiger partial charge in [0.05, 0.1) is 0 Å². The minimum absolute atomic E-state index is 0.000602. The SMILES string of the molecule is CCCn1ccnc(N2CC(C)CC(N)C2)c1=O. The first-order chi connectivity index (χ1) is 8.61. The van der Waals surface area contributed by atoms with Crippen LogP contribution in [0.25, 0.3) is 0 Å². The van der Waals surface area contributed by atoms with Crippen molar-refractivity contribution in [3.63, 3.8) is 0 Å². The van der Waals surface area contributed by atoms with Crippen molar-refractivity contribution in [2.24, 2.45) is 11.7 Å². The number of aryl methyl sites for hydroxylation is 1. The van der Waals surface area contributed by atoms with Gasteiger partial charge in [-0.2, -0.15) is 0 Å². The first-order valence-corrected chi connectivity index (χ1v) is 6.67. The molecule has 0 aromatic carbocycles. The second-order valence-corrected chi connectivity index (χ2v) is 5.26. The number of hydrogen-bond donors (Lipinski definition) is 1. The smallest absolute Gasteiger partial charge is 0.293 e. The van der Waals surface area contributed by atoms with Crippen molar-refractivity contribution in [3.8, 4) is 0 Å². The van der Waals surface area contributed by atoms with E-state index in [1.54, 1.807) is 17.0 Å². The Balaban J connectivity index is 2.27. The van der Waals surface area contributed by atoms with Gasteiger partial charge < -0.3 is 15.2 Å². The molecule has 0 saturated carbocycles. The highest BCUT2D eigenvalue weighted by atomic mass is 16.1. The van der Waals surface area contributed by atoms with E-state index in [-0.39, 0.29) is 11.6 Å². The van der Waals surface area contributed by atoms with Crippen LogP contribution in [0.1, 0.15) is 26.7 Å². The first kappa shape index (κ1) is 13.1. The Hall–Kier alpha value is -1.36. The van der Waals surface area contributed by atoms with Gasteiger partial charge in [0.15, 0.2) is 5.82 Å². The number of aromatic nitrogens is 2. The summed E-state index contributed by atoms with van der Waals surface area (Å²) < 4.78 is 1.73. The normalized spacial score (nSPS) is 24.3. The fourth-order valence-corrected chi connectivity index (χ4v) is 2.64. The van der Waals surface area contributed by atoms with Crippen molar-refractivity contribution in [1.82, 2.24) is 9.55 Å². The van der Waals surface area contributed by atoms with E-state index in [1.165, 1.54) is 0 Å². The lowest BCUT2D eigenvalue weighted by Gasteiger charge is -2.35. The highest BCUT2D eigenvalue weighted by Crippen LogP contribution is 2.18. The van der Waals surface area contributed by atoms with E-state index in [1.807, 2.05) is 4.90 Å². The Kier molecular flexibility index (Phi) is 4.01.